The molecule has 1 aromatic rings. The summed E-state index contributed by atoms with van der Waals surface area (Å²) in [5, 5.41) is 1.58. The maximum atomic E-state index is 5.98. The molecule has 0 nitrogen and oxygen atoms in total. The molecule has 0 fully saturated rings. The van der Waals surface area contributed by atoms with Crippen molar-refractivity contribution in [3.63, 3.8) is 0 Å². The van der Waals surface area contributed by atoms with Gasteiger partial charge in [0.25, 0.3) is 0 Å². The van der Waals surface area contributed by atoms with Crippen LogP contribution < -0.4 is 0 Å². The fourth-order valence-electron chi connectivity index (χ4n) is 1.12. The van der Waals surface area contributed by atoms with Crippen molar-refractivity contribution >= 4 is 23.2 Å². The predicted molar refractivity (Wildman–Crippen MR) is 65.0 cm³/mol. The minimum atomic E-state index is 0.788. The molecule has 0 N–H and O–H groups in total. The first-order valence-electron chi connectivity index (χ1n) is 4.52. The number of hydrogen-bond donors (Lipinski definition) is 0. The lowest BCUT2D eigenvalue weighted by Crippen LogP contribution is -1.87. The minimum Gasteiger partial charge on any atom is -0.124 e. The predicted octanol–water partition coefficient (Wildman–Crippen LogP) is 4.59. The van der Waals surface area contributed by atoms with Crippen LogP contribution >= 0.6 is 23.2 Å². The molecule has 0 saturated carbocycles. The van der Waals surface area contributed by atoms with Crippen molar-refractivity contribution < 1.29 is 0 Å². The minimum absolute atomic E-state index is 0.788. The number of terminal acetylenes is 1. The Balaban J connectivity index is 0.000000791. The van der Waals surface area contributed by atoms with Gasteiger partial charge in [-0.15, -0.1) is 12.8 Å². The van der Waals surface area contributed by atoms with Crippen molar-refractivity contribution in [1.82, 2.24) is 0 Å². The molecule has 14 heavy (non-hydrogen) atoms. The monoisotopic (exact) mass is 228 g/mol. The third-order valence-corrected chi connectivity index (χ3v) is 2.55. The maximum Gasteiger partial charge on any atom is 0.0452 e. The Morgan fingerprint density at radius 2 is 1.64 bits per heavy atom. The summed E-state index contributed by atoms with van der Waals surface area (Å²) in [4.78, 5) is 0. The second-order valence-electron chi connectivity index (χ2n) is 2.80. The summed E-state index contributed by atoms with van der Waals surface area (Å²) < 4.78 is 0. The Labute approximate surface area is 96.2 Å². The molecule has 0 heterocycles. The van der Waals surface area contributed by atoms with Crippen molar-refractivity contribution in [1.29, 1.82) is 0 Å². The molecule has 2 heteroatoms. The second kappa shape index (κ2) is 7.74. The highest BCUT2D eigenvalue weighted by molar-refractivity contribution is 6.35. The summed E-state index contributed by atoms with van der Waals surface area (Å²) in [5.74, 6) is 0. The molecule has 0 spiro atoms. The van der Waals surface area contributed by atoms with Gasteiger partial charge in [0.1, 0.15) is 0 Å². The van der Waals surface area contributed by atoms with E-state index < -0.39 is 0 Å². The summed E-state index contributed by atoms with van der Waals surface area (Å²) in [5.41, 5.74) is 1.09. The molecule has 0 aliphatic carbocycles. The first kappa shape index (κ1) is 13.4. The molecule has 1 aromatic carbocycles. The number of hydrogen-bond acceptors (Lipinski definition) is 0. The van der Waals surface area contributed by atoms with Crippen molar-refractivity contribution in [3.05, 3.63) is 33.8 Å². The molecule has 0 saturated heterocycles. The Kier molecular flexibility index (Phi) is 7.38. The molecular formula is C12H14Cl2. The molecule has 0 aliphatic heterocycles. The van der Waals surface area contributed by atoms with Gasteiger partial charge in [0.2, 0.25) is 0 Å². The van der Waals surface area contributed by atoms with Crippen LogP contribution in [0, 0.1) is 12.8 Å². The van der Waals surface area contributed by atoms with Crippen LogP contribution in [0.2, 0.25) is 10.0 Å². The summed E-state index contributed by atoms with van der Waals surface area (Å²) in [7, 11) is 0. The third-order valence-electron chi connectivity index (χ3n) is 1.84. The molecule has 0 atom stereocenters. The smallest absolute Gasteiger partial charge is 0.0452 e. The van der Waals surface area contributed by atoms with E-state index in [-0.39, 0.29) is 0 Å². The Hall–Kier alpha value is -0.640. The zero-order valence-corrected chi connectivity index (χ0v) is 9.78. The summed E-state index contributed by atoms with van der Waals surface area (Å²) in [6.45, 7) is 2.16. The Morgan fingerprint density at radius 3 is 2.07 bits per heavy atom. The van der Waals surface area contributed by atoms with Gasteiger partial charge in [-0.1, -0.05) is 42.6 Å². The SMILES string of the molecule is C#C.CCCCc1c(Cl)cccc1Cl. The molecule has 1 rings (SSSR count). The van der Waals surface area contributed by atoms with Crippen LogP contribution in [0.25, 0.3) is 0 Å². The molecule has 0 radical (unpaired) electrons. The van der Waals surface area contributed by atoms with Crippen LogP contribution in [0.4, 0.5) is 0 Å². The standard InChI is InChI=1S/C10H12Cl2.C2H2/c1-2-3-5-8-9(11)6-4-7-10(8)12;1-2/h4,6-7H,2-3,5H2,1H3;1-2H. The lowest BCUT2D eigenvalue weighted by Gasteiger charge is -2.04. The zero-order valence-electron chi connectivity index (χ0n) is 8.26. The Bertz CT molecular complexity index is 269. The van der Waals surface area contributed by atoms with E-state index in [4.69, 9.17) is 23.2 Å². The van der Waals surface area contributed by atoms with Gasteiger partial charge < -0.3 is 0 Å². The van der Waals surface area contributed by atoms with Gasteiger partial charge in [-0.25, -0.2) is 0 Å². The van der Waals surface area contributed by atoms with Gasteiger partial charge >= 0.3 is 0 Å². The van der Waals surface area contributed by atoms with Crippen molar-refractivity contribution in [2.75, 3.05) is 0 Å². The lowest BCUT2D eigenvalue weighted by molar-refractivity contribution is 0.795. The fourth-order valence-corrected chi connectivity index (χ4v) is 1.71. The highest BCUT2D eigenvalue weighted by atomic mass is 35.5. The third kappa shape index (κ3) is 4.05. The van der Waals surface area contributed by atoms with Crippen molar-refractivity contribution in [2.45, 2.75) is 26.2 Å². The van der Waals surface area contributed by atoms with Gasteiger partial charge in [-0.3, -0.25) is 0 Å². The highest BCUT2D eigenvalue weighted by Gasteiger charge is 2.03. The molecule has 0 bridgehead atoms. The Morgan fingerprint density at radius 1 is 1.14 bits per heavy atom. The van der Waals surface area contributed by atoms with Crippen molar-refractivity contribution in [2.24, 2.45) is 0 Å². The number of benzene rings is 1. The van der Waals surface area contributed by atoms with Crippen LogP contribution in [0.3, 0.4) is 0 Å². The molecule has 0 amide bonds. The highest BCUT2D eigenvalue weighted by Crippen LogP contribution is 2.25. The quantitative estimate of drug-likeness (QED) is 0.665. The molecule has 0 aliphatic rings. The molecule has 76 valence electrons. The van der Waals surface area contributed by atoms with E-state index in [0.29, 0.717) is 0 Å². The van der Waals surface area contributed by atoms with Gasteiger partial charge in [0, 0.05) is 10.0 Å². The van der Waals surface area contributed by atoms with Gasteiger partial charge in [-0.2, -0.15) is 0 Å². The van der Waals surface area contributed by atoms with Gasteiger partial charge in [0.15, 0.2) is 0 Å². The maximum absolute atomic E-state index is 5.98. The van der Waals surface area contributed by atoms with E-state index in [1.54, 1.807) is 0 Å². The van der Waals surface area contributed by atoms with E-state index in [9.17, 15) is 0 Å². The fraction of sp³-hybridized carbons (Fsp3) is 0.333. The normalized spacial score (nSPS) is 8.93. The number of halogens is 2. The number of unbranched alkanes of at least 4 members (excludes halogenated alkanes) is 1. The van der Waals surface area contributed by atoms with Crippen molar-refractivity contribution in [3.8, 4) is 12.8 Å². The number of rotatable bonds is 3. The van der Waals surface area contributed by atoms with Crippen LogP contribution in [-0.2, 0) is 6.42 Å². The van der Waals surface area contributed by atoms with E-state index in [1.165, 1.54) is 6.42 Å². The van der Waals surface area contributed by atoms with E-state index in [1.807, 2.05) is 18.2 Å². The van der Waals surface area contributed by atoms with Crippen LogP contribution in [0.1, 0.15) is 25.3 Å². The average molecular weight is 229 g/mol. The first-order chi connectivity index (χ1) is 6.75. The summed E-state index contributed by atoms with van der Waals surface area (Å²) >= 11 is 12.0. The van der Waals surface area contributed by atoms with Crippen LogP contribution in [0.5, 0.6) is 0 Å². The zero-order chi connectivity index (χ0) is 11.0. The topological polar surface area (TPSA) is 0 Å². The summed E-state index contributed by atoms with van der Waals surface area (Å²) in [6, 6.07) is 5.65. The molecule has 0 unspecified atom stereocenters. The van der Waals surface area contributed by atoms with Gasteiger partial charge in [0.05, 0.1) is 0 Å². The average Bonchev–Trinajstić information content (AvgIpc) is 2.20. The van der Waals surface area contributed by atoms with E-state index >= 15 is 0 Å². The van der Waals surface area contributed by atoms with Crippen LogP contribution in [-0.4, -0.2) is 0 Å². The van der Waals surface area contributed by atoms with E-state index in [0.717, 1.165) is 28.5 Å². The largest absolute Gasteiger partial charge is 0.124 e. The van der Waals surface area contributed by atoms with Gasteiger partial charge in [-0.05, 0) is 30.5 Å². The summed E-state index contributed by atoms with van der Waals surface area (Å²) in [6.07, 6.45) is 11.3. The van der Waals surface area contributed by atoms with E-state index in [2.05, 4.69) is 19.8 Å². The molecule has 0 aromatic heterocycles. The van der Waals surface area contributed by atoms with Crippen LogP contribution in [0.15, 0.2) is 18.2 Å². The lowest BCUT2D eigenvalue weighted by atomic mass is 10.1. The second-order valence-corrected chi connectivity index (χ2v) is 3.62. The molecular weight excluding hydrogens is 215 g/mol. The first-order valence-corrected chi connectivity index (χ1v) is 5.27.